The van der Waals surface area contributed by atoms with Crippen molar-refractivity contribution >= 4 is 14.0 Å². The van der Waals surface area contributed by atoms with Crippen LogP contribution in [0.1, 0.15) is 26.2 Å². The Morgan fingerprint density at radius 1 is 1.47 bits per heavy atom. The molecule has 0 saturated carbocycles. The van der Waals surface area contributed by atoms with Gasteiger partial charge in [-0.15, -0.1) is 11.5 Å². The van der Waals surface area contributed by atoms with E-state index >= 15 is 0 Å². The minimum Gasteiger partial charge on any atom is -0.301 e. The molecule has 1 N–H and O–H groups in total. The van der Waals surface area contributed by atoms with Gasteiger partial charge in [0.2, 0.25) is 0 Å². The maximum Gasteiger partial charge on any atom is 0.344 e. The average molecular weight is 228 g/mol. The predicted octanol–water partition coefficient (Wildman–Crippen LogP) is 2.69. The fourth-order valence-electron chi connectivity index (χ4n) is 1.03. The van der Waals surface area contributed by atoms with Gasteiger partial charge in [-0.1, -0.05) is 26.6 Å². The number of rotatable bonds is 4. The number of hydrogen-bond donors (Lipinski definition) is 1. The molecule has 0 aliphatic carbocycles. The van der Waals surface area contributed by atoms with E-state index < -0.39 is 14.0 Å². The van der Waals surface area contributed by atoms with Crippen LogP contribution in [0.3, 0.4) is 0 Å². The summed E-state index contributed by atoms with van der Waals surface area (Å²) in [5.41, 5.74) is 3.26. The zero-order valence-electron chi connectivity index (χ0n) is 9.96. The molecule has 0 saturated heterocycles. The molecule has 0 spiro atoms. The highest BCUT2D eigenvalue weighted by Gasteiger charge is 2.13. The molecule has 0 rings (SSSR count). The van der Waals surface area contributed by atoms with Crippen molar-refractivity contribution < 1.29 is 14.9 Å². The summed E-state index contributed by atoms with van der Waals surface area (Å²) in [7, 11) is -1.26. The fourth-order valence-corrected chi connectivity index (χ4v) is 1.69. The van der Waals surface area contributed by atoms with Crippen LogP contribution >= 0.6 is 0 Å². The molecule has 0 aliphatic rings. The van der Waals surface area contributed by atoms with Crippen molar-refractivity contribution in [2.75, 3.05) is 0 Å². The highest BCUT2D eigenvalue weighted by molar-refractivity contribution is 6.83. The lowest BCUT2D eigenvalue weighted by Crippen LogP contribution is -2.16. The normalized spacial score (nSPS) is 12.6. The van der Waals surface area contributed by atoms with Gasteiger partial charge in [-0.3, -0.25) is 0 Å². The highest BCUT2D eigenvalue weighted by atomic mass is 28.3. The van der Waals surface area contributed by atoms with E-state index in [2.05, 4.69) is 36.0 Å². The zero-order chi connectivity index (χ0) is 11.9. The van der Waals surface area contributed by atoms with Gasteiger partial charge in [0.05, 0.1) is 5.92 Å². The standard InChI is InChI=1S/C11H20O3Si/c1-10(11(12)14-13)8-6-5-7-9-15(2,3)4/h10,13H,5-6,8H2,1-4H3. The van der Waals surface area contributed by atoms with Crippen LogP contribution in [0.2, 0.25) is 19.6 Å². The topological polar surface area (TPSA) is 46.5 Å². The summed E-state index contributed by atoms with van der Waals surface area (Å²) in [6.45, 7) is 8.34. The van der Waals surface area contributed by atoms with Crippen molar-refractivity contribution in [2.45, 2.75) is 45.8 Å². The zero-order valence-corrected chi connectivity index (χ0v) is 11.0. The molecule has 0 bridgehead atoms. The van der Waals surface area contributed by atoms with E-state index in [4.69, 9.17) is 5.26 Å². The number of unbranched alkanes of at least 4 members (excludes halogenated alkanes) is 1. The number of carbonyl (C=O) groups excluding carboxylic acids is 1. The van der Waals surface area contributed by atoms with Crippen LogP contribution in [-0.4, -0.2) is 19.3 Å². The second-order valence-corrected chi connectivity index (χ2v) is 9.51. The lowest BCUT2D eigenvalue weighted by Gasteiger charge is -2.05. The predicted molar refractivity (Wildman–Crippen MR) is 62.9 cm³/mol. The highest BCUT2D eigenvalue weighted by Crippen LogP contribution is 2.08. The van der Waals surface area contributed by atoms with E-state index in [1.165, 1.54) is 0 Å². The van der Waals surface area contributed by atoms with Gasteiger partial charge < -0.3 is 4.89 Å². The molecule has 0 aromatic heterocycles. The Labute approximate surface area is 92.8 Å². The third-order valence-corrected chi connectivity index (χ3v) is 2.82. The molecule has 1 atom stereocenters. The quantitative estimate of drug-likeness (QED) is 0.264. The van der Waals surface area contributed by atoms with E-state index in [-0.39, 0.29) is 5.92 Å². The third kappa shape index (κ3) is 8.22. The van der Waals surface area contributed by atoms with Crippen LogP contribution in [-0.2, 0) is 9.68 Å². The summed E-state index contributed by atoms with van der Waals surface area (Å²) in [5.74, 6) is 2.33. The van der Waals surface area contributed by atoms with Crippen molar-refractivity contribution in [3.05, 3.63) is 0 Å². The van der Waals surface area contributed by atoms with Gasteiger partial charge in [0.25, 0.3) is 0 Å². The summed E-state index contributed by atoms with van der Waals surface area (Å²) in [4.78, 5) is 14.5. The minimum atomic E-state index is -1.26. The third-order valence-electron chi connectivity index (χ3n) is 1.89. The van der Waals surface area contributed by atoms with Crippen LogP contribution in [0.15, 0.2) is 0 Å². The van der Waals surface area contributed by atoms with Gasteiger partial charge in [0.1, 0.15) is 8.07 Å². The van der Waals surface area contributed by atoms with Crippen molar-refractivity contribution in [3.63, 3.8) is 0 Å². The molecule has 0 radical (unpaired) electrons. The second kappa shape index (κ2) is 6.65. The molecule has 4 heteroatoms. The Balaban J connectivity index is 3.71. The van der Waals surface area contributed by atoms with Crippen molar-refractivity contribution in [1.82, 2.24) is 0 Å². The first-order valence-electron chi connectivity index (χ1n) is 5.22. The van der Waals surface area contributed by atoms with E-state index in [1.54, 1.807) is 6.92 Å². The first kappa shape index (κ1) is 14.2. The summed E-state index contributed by atoms with van der Waals surface area (Å²) in [6, 6.07) is 0. The molecular formula is C11H20O3Si. The molecule has 1 unspecified atom stereocenters. The molecule has 0 fully saturated rings. The number of hydrogen-bond acceptors (Lipinski definition) is 3. The van der Waals surface area contributed by atoms with Gasteiger partial charge in [0.15, 0.2) is 0 Å². The summed E-state index contributed by atoms with van der Waals surface area (Å²) >= 11 is 0. The van der Waals surface area contributed by atoms with Crippen LogP contribution < -0.4 is 0 Å². The van der Waals surface area contributed by atoms with Gasteiger partial charge in [-0.25, -0.2) is 4.79 Å². The van der Waals surface area contributed by atoms with Crippen molar-refractivity contribution in [2.24, 2.45) is 5.92 Å². The Kier molecular flexibility index (Phi) is 6.30. The van der Waals surface area contributed by atoms with Crippen molar-refractivity contribution in [1.29, 1.82) is 0 Å². The molecule has 0 heterocycles. The molecule has 0 aromatic carbocycles. The SMILES string of the molecule is CC(CCCC#C[Si](C)(C)C)C(=O)OO. The number of carbonyl (C=O) groups is 1. The van der Waals surface area contributed by atoms with Crippen LogP contribution in [0.25, 0.3) is 0 Å². The summed E-state index contributed by atoms with van der Waals surface area (Å²) in [6.07, 6.45) is 2.39. The Morgan fingerprint density at radius 3 is 2.53 bits per heavy atom. The smallest absolute Gasteiger partial charge is 0.301 e. The van der Waals surface area contributed by atoms with E-state index in [9.17, 15) is 4.79 Å². The van der Waals surface area contributed by atoms with Gasteiger partial charge in [-0.2, -0.15) is 5.26 Å². The van der Waals surface area contributed by atoms with Crippen LogP contribution in [0, 0.1) is 17.4 Å². The van der Waals surface area contributed by atoms with E-state index in [0.29, 0.717) is 6.42 Å². The summed E-state index contributed by atoms with van der Waals surface area (Å²) in [5, 5.41) is 8.14. The lowest BCUT2D eigenvalue weighted by molar-refractivity contribution is -0.238. The first-order chi connectivity index (χ1) is 6.87. The summed E-state index contributed by atoms with van der Waals surface area (Å²) < 4.78 is 0. The average Bonchev–Trinajstić information content (AvgIpc) is 2.14. The van der Waals surface area contributed by atoms with E-state index in [0.717, 1.165) is 12.8 Å². The van der Waals surface area contributed by atoms with Crippen LogP contribution in [0.4, 0.5) is 0 Å². The maximum atomic E-state index is 10.8. The molecule has 86 valence electrons. The molecule has 15 heavy (non-hydrogen) atoms. The largest absolute Gasteiger partial charge is 0.344 e. The molecular weight excluding hydrogens is 208 g/mol. The monoisotopic (exact) mass is 228 g/mol. The first-order valence-corrected chi connectivity index (χ1v) is 8.72. The van der Waals surface area contributed by atoms with Crippen molar-refractivity contribution in [3.8, 4) is 11.5 Å². The Bertz CT molecular complexity index is 257. The van der Waals surface area contributed by atoms with Gasteiger partial charge in [-0.05, 0) is 12.8 Å². The van der Waals surface area contributed by atoms with Crippen LogP contribution in [0.5, 0.6) is 0 Å². The second-order valence-electron chi connectivity index (χ2n) is 4.76. The molecule has 0 amide bonds. The van der Waals surface area contributed by atoms with E-state index in [1.807, 2.05) is 0 Å². The maximum absolute atomic E-state index is 10.8. The van der Waals surface area contributed by atoms with Gasteiger partial charge in [0, 0.05) is 6.42 Å². The molecule has 3 nitrogen and oxygen atoms in total. The Morgan fingerprint density at radius 2 is 2.07 bits per heavy atom. The Hall–Kier alpha value is -0.793. The minimum absolute atomic E-state index is 0.247. The molecule has 0 aromatic rings. The molecule has 0 aliphatic heterocycles. The lowest BCUT2D eigenvalue weighted by atomic mass is 10.1. The van der Waals surface area contributed by atoms with Gasteiger partial charge >= 0.3 is 5.97 Å². The fraction of sp³-hybridized carbons (Fsp3) is 0.727.